The predicted molar refractivity (Wildman–Crippen MR) is 120 cm³/mol. The van der Waals surface area contributed by atoms with Gasteiger partial charge in [-0.05, 0) is 23.8 Å². The molecule has 3 aromatic rings. The van der Waals surface area contributed by atoms with Crippen LogP contribution in [0.5, 0.6) is 0 Å². The van der Waals surface area contributed by atoms with E-state index in [1.807, 2.05) is 18.2 Å². The third-order valence-electron chi connectivity index (χ3n) is 3.99. The van der Waals surface area contributed by atoms with Crippen LogP contribution >= 0.6 is 46.1 Å². The lowest BCUT2D eigenvalue weighted by molar-refractivity contribution is -0.132. The molecule has 0 aliphatic carbocycles. The number of hydrogen-bond acceptors (Lipinski definition) is 6. The molecule has 0 spiro atoms. The van der Waals surface area contributed by atoms with Crippen LogP contribution in [0, 0.1) is 0 Å². The van der Waals surface area contributed by atoms with E-state index in [-0.39, 0.29) is 19.1 Å². The molecule has 0 aliphatic rings. The minimum atomic E-state index is -0.680. The maximum absolute atomic E-state index is 12.0. The van der Waals surface area contributed by atoms with Crippen molar-refractivity contribution in [3.63, 3.8) is 0 Å². The lowest BCUT2D eigenvalue weighted by atomic mass is 10.2. The quantitative estimate of drug-likeness (QED) is 0.438. The van der Waals surface area contributed by atoms with E-state index in [0.29, 0.717) is 32.3 Å². The summed E-state index contributed by atoms with van der Waals surface area (Å²) in [5, 5.41) is 5.67. The molecule has 11 heteroatoms. The number of halogens is 3. The van der Waals surface area contributed by atoms with Gasteiger partial charge in [0, 0.05) is 18.5 Å². The summed E-state index contributed by atoms with van der Waals surface area (Å²) in [6.07, 6.45) is -0.680. The minimum Gasteiger partial charge on any atom is -0.447 e. The van der Waals surface area contributed by atoms with Crippen molar-refractivity contribution in [2.45, 2.75) is 13.5 Å². The number of hydrogen-bond donors (Lipinski definition) is 2. The highest BCUT2D eigenvalue weighted by Crippen LogP contribution is 2.33. The van der Waals surface area contributed by atoms with Gasteiger partial charge in [0.15, 0.2) is 5.13 Å². The molecule has 0 radical (unpaired) electrons. The summed E-state index contributed by atoms with van der Waals surface area (Å²) in [4.78, 5) is 28.1. The van der Waals surface area contributed by atoms with Gasteiger partial charge >= 0.3 is 6.09 Å². The van der Waals surface area contributed by atoms with E-state index in [1.165, 1.54) is 23.3 Å². The van der Waals surface area contributed by atoms with E-state index in [0.717, 1.165) is 10.3 Å². The highest BCUT2D eigenvalue weighted by atomic mass is 35.5. The Labute approximate surface area is 191 Å². The van der Waals surface area contributed by atoms with Crippen molar-refractivity contribution >= 4 is 73.5 Å². The number of ether oxygens (including phenoxy) is 1. The fourth-order valence-electron chi connectivity index (χ4n) is 2.50. The van der Waals surface area contributed by atoms with E-state index in [9.17, 15) is 9.59 Å². The van der Waals surface area contributed by atoms with Crippen LogP contribution in [-0.4, -0.2) is 35.1 Å². The lowest BCUT2D eigenvalue weighted by Crippen LogP contribution is -2.43. The highest BCUT2D eigenvalue weighted by Gasteiger charge is 2.13. The molecule has 2 aromatic carbocycles. The number of benzene rings is 2. The molecule has 0 bridgehead atoms. The second-order valence-electron chi connectivity index (χ2n) is 6.11. The number of hydrazine groups is 1. The van der Waals surface area contributed by atoms with Gasteiger partial charge < -0.3 is 4.74 Å². The second-order valence-corrected chi connectivity index (χ2v) is 8.36. The smallest absolute Gasteiger partial charge is 0.413 e. The van der Waals surface area contributed by atoms with Gasteiger partial charge in [0.2, 0.25) is 5.91 Å². The number of amides is 2. The number of fused-ring (bicyclic) bond motifs is 1. The average molecular weight is 488 g/mol. The third kappa shape index (κ3) is 5.96. The number of carbonyl (C=O) groups excluding carboxylic acids is 2. The van der Waals surface area contributed by atoms with Gasteiger partial charge in [-0.1, -0.05) is 64.3 Å². The van der Waals surface area contributed by atoms with E-state index in [4.69, 9.17) is 39.5 Å². The molecular formula is C19H17Cl3N4O3S. The van der Waals surface area contributed by atoms with E-state index < -0.39 is 6.09 Å². The molecule has 3 rings (SSSR count). The number of rotatable bonds is 7. The average Bonchev–Trinajstić information content (AvgIpc) is 3.06. The van der Waals surface area contributed by atoms with Crippen molar-refractivity contribution in [2.24, 2.45) is 0 Å². The number of nitrogens with zero attached hydrogens (tertiary/aromatic N) is 2. The van der Waals surface area contributed by atoms with Gasteiger partial charge in [0.1, 0.15) is 6.61 Å². The summed E-state index contributed by atoms with van der Waals surface area (Å²) in [6, 6.07) is 10.6. The standard InChI is InChI=1S/C19H17Cl3N4O3S/c1-11(27)26(23-10-12-4-2-3-5-13(12)20)6-7-29-19(28)25-18-24-16-8-14(21)15(22)9-17(16)30-18/h2-5,8-9,23H,6-7,10H2,1H3,(H,24,25,28). The first-order chi connectivity index (χ1) is 14.3. The van der Waals surface area contributed by atoms with Crippen molar-refractivity contribution in [2.75, 3.05) is 18.5 Å². The number of thiazole rings is 1. The fourth-order valence-corrected chi connectivity index (χ4v) is 3.96. The molecule has 158 valence electrons. The van der Waals surface area contributed by atoms with Crippen molar-refractivity contribution < 1.29 is 14.3 Å². The van der Waals surface area contributed by atoms with Crippen molar-refractivity contribution in [3.8, 4) is 0 Å². The Bertz CT molecular complexity index is 1040. The Morgan fingerprint density at radius 1 is 1.13 bits per heavy atom. The van der Waals surface area contributed by atoms with E-state index in [1.54, 1.807) is 18.2 Å². The number of nitrogens with one attached hydrogen (secondary N) is 2. The Hall–Kier alpha value is -2.10. The topological polar surface area (TPSA) is 83.6 Å². The van der Waals surface area contributed by atoms with Crippen LogP contribution in [0.3, 0.4) is 0 Å². The van der Waals surface area contributed by atoms with Gasteiger partial charge in [-0.3, -0.25) is 15.1 Å². The molecule has 2 N–H and O–H groups in total. The SMILES string of the molecule is CC(=O)N(CCOC(=O)Nc1nc2cc(Cl)c(Cl)cc2s1)NCc1ccccc1Cl. The molecule has 1 aromatic heterocycles. The van der Waals surface area contributed by atoms with Gasteiger partial charge in [-0.2, -0.15) is 0 Å². The highest BCUT2D eigenvalue weighted by molar-refractivity contribution is 7.22. The summed E-state index contributed by atoms with van der Waals surface area (Å²) in [5.41, 5.74) is 4.45. The van der Waals surface area contributed by atoms with Gasteiger partial charge in [0.25, 0.3) is 0 Å². The predicted octanol–water partition coefficient (Wildman–Crippen LogP) is 5.36. The molecule has 2 amide bonds. The first kappa shape index (κ1) is 22.6. The maximum atomic E-state index is 12.0. The monoisotopic (exact) mass is 486 g/mol. The van der Waals surface area contributed by atoms with Gasteiger partial charge in [0.05, 0.1) is 26.8 Å². The molecule has 0 unspecified atom stereocenters. The first-order valence-electron chi connectivity index (χ1n) is 8.78. The zero-order valence-electron chi connectivity index (χ0n) is 15.7. The molecule has 0 saturated heterocycles. The Morgan fingerprint density at radius 2 is 1.87 bits per heavy atom. The largest absolute Gasteiger partial charge is 0.447 e. The molecule has 1 heterocycles. The Balaban J connectivity index is 1.49. The first-order valence-corrected chi connectivity index (χ1v) is 10.7. The summed E-state index contributed by atoms with van der Waals surface area (Å²) in [6.45, 7) is 1.93. The number of carbonyl (C=O) groups is 2. The van der Waals surface area contributed by atoms with Crippen LogP contribution in [0.2, 0.25) is 15.1 Å². The number of aromatic nitrogens is 1. The van der Waals surface area contributed by atoms with Crippen molar-refractivity contribution in [1.29, 1.82) is 0 Å². The summed E-state index contributed by atoms with van der Waals surface area (Å²) in [5.74, 6) is -0.217. The number of anilines is 1. The molecule has 7 nitrogen and oxygen atoms in total. The Morgan fingerprint density at radius 3 is 2.60 bits per heavy atom. The van der Waals surface area contributed by atoms with Gasteiger partial charge in [-0.25, -0.2) is 15.2 Å². The normalized spacial score (nSPS) is 10.8. The fraction of sp³-hybridized carbons (Fsp3) is 0.211. The van der Waals surface area contributed by atoms with Crippen LogP contribution in [-0.2, 0) is 16.1 Å². The van der Waals surface area contributed by atoms with Gasteiger partial charge in [-0.15, -0.1) is 0 Å². The summed E-state index contributed by atoms with van der Waals surface area (Å²) in [7, 11) is 0. The zero-order valence-corrected chi connectivity index (χ0v) is 18.8. The van der Waals surface area contributed by atoms with Crippen LogP contribution in [0.4, 0.5) is 9.93 Å². The second kappa shape index (κ2) is 10.3. The summed E-state index contributed by atoms with van der Waals surface area (Å²) >= 11 is 19.3. The van der Waals surface area contributed by atoms with Crippen LogP contribution in [0.25, 0.3) is 10.2 Å². The van der Waals surface area contributed by atoms with Crippen LogP contribution < -0.4 is 10.7 Å². The molecule has 0 atom stereocenters. The van der Waals surface area contributed by atoms with Crippen molar-refractivity contribution in [3.05, 3.63) is 57.0 Å². The summed E-state index contributed by atoms with van der Waals surface area (Å²) < 4.78 is 5.93. The molecule has 30 heavy (non-hydrogen) atoms. The molecule has 0 fully saturated rings. The van der Waals surface area contributed by atoms with Crippen LogP contribution in [0.1, 0.15) is 12.5 Å². The lowest BCUT2D eigenvalue weighted by Gasteiger charge is -2.22. The molecule has 0 aliphatic heterocycles. The van der Waals surface area contributed by atoms with Crippen molar-refractivity contribution in [1.82, 2.24) is 15.4 Å². The van der Waals surface area contributed by atoms with E-state index in [2.05, 4.69) is 15.7 Å². The zero-order chi connectivity index (χ0) is 21.7. The molecular weight excluding hydrogens is 471 g/mol. The molecule has 0 saturated carbocycles. The minimum absolute atomic E-state index is 0.0104. The third-order valence-corrected chi connectivity index (χ3v) is 6.01. The van der Waals surface area contributed by atoms with E-state index >= 15 is 0 Å². The Kier molecular flexibility index (Phi) is 7.74. The van der Waals surface area contributed by atoms with Crippen LogP contribution in [0.15, 0.2) is 36.4 Å². The maximum Gasteiger partial charge on any atom is 0.413 e.